The predicted octanol–water partition coefficient (Wildman–Crippen LogP) is 2.04. The molecule has 21 heavy (non-hydrogen) atoms. The fourth-order valence-corrected chi connectivity index (χ4v) is 3.17. The summed E-state index contributed by atoms with van der Waals surface area (Å²) < 4.78 is 1.93. The van der Waals surface area contributed by atoms with Crippen LogP contribution in [0.2, 0.25) is 0 Å². The van der Waals surface area contributed by atoms with Gasteiger partial charge in [0.15, 0.2) is 0 Å². The number of aryl methyl sites for hydroxylation is 1. The second-order valence-electron chi connectivity index (χ2n) is 5.93. The minimum atomic E-state index is 0.0856. The number of carbonyl (C=O) groups excluding carboxylic acids is 1. The van der Waals surface area contributed by atoms with Crippen LogP contribution in [0.15, 0.2) is 12.3 Å². The second kappa shape index (κ2) is 6.98. The third-order valence-electron chi connectivity index (χ3n) is 4.44. The Labute approximate surface area is 127 Å². The van der Waals surface area contributed by atoms with Crippen LogP contribution in [0.5, 0.6) is 0 Å². The normalized spacial score (nSPS) is 17.1. The van der Waals surface area contributed by atoms with Gasteiger partial charge in [0, 0.05) is 38.9 Å². The first-order chi connectivity index (χ1) is 10.1. The summed E-state index contributed by atoms with van der Waals surface area (Å²) in [6.07, 6.45) is 5.16. The van der Waals surface area contributed by atoms with Gasteiger partial charge < -0.3 is 20.1 Å². The number of piperidine rings is 1. The van der Waals surface area contributed by atoms with E-state index in [2.05, 4.69) is 11.8 Å². The van der Waals surface area contributed by atoms with Crippen molar-refractivity contribution in [1.82, 2.24) is 14.4 Å². The van der Waals surface area contributed by atoms with Crippen LogP contribution in [-0.2, 0) is 6.54 Å². The molecule has 0 bridgehead atoms. The Morgan fingerprint density at radius 2 is 2.05 bits per heavy atom. The second-order valence-corrected chi connectivity index (χ2v) is 5.93. The van der Waals surface area contributed by atoms with Crippen molar-refractivity contribution < 1.29 is 4.79 Å². The minimum absolute atomic E-state index is 0.0856. The number of carbonyl (C=O) groups is 1. The Morgan fingerprint density at radius 1 is 1.38 bits per heavy atom. The van der Waals surface area contributed by atoms with Crippen LogP contribution < -0.4 is 5.73 Å². The summed E-state index contributed by atoms with van der Waals surface area (Å²) in [6, 6.07) is 2.13. The first-order valence-electron chi connectivity index (χ1n) is 8.02. The van der Waals surface area contributed by atoms with E-state index >= 15 is 0 Å². The van der Waals surface area contributed by atoms with Gasteiger partial charge in [0.1, 0.15) is 5.69 Å². The molecule has 2 heterocycles. The van der Waals surface area contributed by atoms with E-state index < -0.39 is 0 Å². The number of rotatable bonds is 5. The van der Waals surface area contributed by atoms with Gasteiger partial charge in [-0.2, -0.15) is 0 Å². The van der Waals surface area contributed by atoms with Gasteiger partial charge in [-0.3, -0.25) is 4.79 Å². The molecule has 1 fully saturated rings. The van der Waals surface area contributed by atoms with E-state index in [1.54, 1.807) is 6.07 Å². The van der Waals surface area contributed by atoms with Gasteiger partial charge in [-0.15, -0.1) is 0 Å². The maximum absolute atomic E-state index is 12.7. The van der Waals surface area contributed by atoms with E-state index in [9.17, 15) is 4.79 Å². The molecule has 1 amide bonds. The lowest BCUT2D eigenvalue weighted by molar-refractivity contribution is 0.0632. The number of nitrogens with two attached hydrogens (primary N) is 1. The first kappa shape index (κ1) is 15.9. The molecule has 0 aliphatic carbocycles. The fraction of sp³-hybridized carbons (Fsp3) is 0.688. The first-order valence-corrected chi connectivity index (χ1v) is 8.02. The van der Waals surface area contributed by atoms with Gasteiger partial charge in [0.05, 0.1) is 5.69 Å². The van der Waals surface area contributed by atoms with Gasteiger partial charge in [0.2, 0.25) is 0 Å². The van der Waals surface area contributed by atoms with Crippen molar-refractivity contribution in [3.63, 3.8) is 0 Å². The monoisotopic (exact) mass is 292 g/mol. The maximum Gasteiger partial charge on any atom is 0.270 e. The zero-order chi connectivity index (χ0) is 15.4. The van der Waals surface area contributed by atoms with Gasteiger partial charge >= 0.3 is 0 Å². The highest BCUT2D eigenvalue weighted by Gasteiger charge is 2.27. The van der Waals surface area contributed by atoms with Gasteiger partial charge in [0.25, 0.3) is 5.91 Å². The molecule has 0 radical (unpaired) electrons. The molecule has 0 atom stereocenters. The number of likely N-dealkylation sites (tertiary alicyclic amines) is 1. The Morgan fingerprint density at radius 3 is 2.62 bits per heavy atom. The van der Waals surface area contributed by atoms with Crippen LogP contribution in [0.1, 0.15) is 43.6 Å². The number of hydrogen-bond donors (Lipinski definition) is 1. The van der Waals surface area contributed by atoms with E-state index in [0.29, 0.717) is 17.4 Å². The smallest absolute Gasteiger partial charge is 0.270 e. The molecule has 1 aliphatic rings. The molecule has 1 aromatic rings. The van der Waals surface area contributed by atoms with Crippen LogP contribution >= 0.6 is 0 Å². The zero-order valence-corrected chi connectivity index (χ0v) is 13.5. The number of aromatic nitrogens is 1. The number of nitrogens with zero attached hydrogens (tertiary/aromatic N) is 3. The summed E-state index contributed by atoms with van der Waals surface area (Å²) in [7, 11) is 1.92. The van der Waals surface area contributed by atoms with Crippen molar-refractivity contribution >= 4 is 11.6 Å². The molecule has 0 unspecified atom stereocenters. The van der Waals surface area contributed by atoms with Crippen molar-refractivity contribution in [3.8, 4) is 0 Å². The molecule has 5 heteroatoms. The lowest BCUT2D eigenvalue weighted by atomic mass is 10.0. The standard InChI is InChI=1S/C16H28N4O/c1-4-8-19-9-6-14(7-10-19)18(3)16(21)15-11-13(17)12-20(15)5-2/h11-12,14H,4-10,17H2,1-3H3. The van der Waals surface area contributed by atoms with Crippen molar-refractivity contribution in [2.45, 2.75) is 45.7 Å². The van der Waals surface area contributed by atoms with Gasteiger partial charge in [-0.05, 0) is 38.8 Å². The molecule has 0 aromatic carbocycles. The molecule has 1 saturated heterocycles. The number of nitrogen functional groups attached to an aromatic ring is 1. The Kier molecular flexibility index (Phi) is 5.28. The van der Waals surface area contributed by atoms with Crippen molar-refractivity contribution in [2.75, 3.05) is 32.4 Å². The summed E-state index contributed by atoms with van der Waals surface area (Å²) in [5.74, 6) is 0.0856. The summed E-state index contributed by atoms with van der Waals surface area (Å²) in [5.41, 5.74) is 7.19. The van der Waals surface area contributed by atoms with Gasteiger partial charge in [-0.1, -0.05) is 6.92 Å². The van der Waals surface area contributed by atoms with E-state index in [1.165, 1.54) is 13.0 Å². The zero-order valence-electron chi connectivity index (χ0n) is 13.5. The number of anilines is 1. The molecular weight excluding hydrogens is 264 g/mol. The lowest BCUT2D eigenvalue weighted by Crippen LogP contribution is -2.46. The van der Waals surface area contributed by atoms with E-state index in [0.717, 1.165) is 32.5 Å². The van der Waals surface area contributed by atoms with E-state index in [-0.39, 0.29) is 5.91 Å². The predicted molar refractivity (Wildman–Crippen MR) is 86.4 cm³/mol. The third kappa shape index (κ3) is 3.59. The van der Waals surface area contributed by atoms with Gasteiger partial charge in [-0.25, -0.2) is 0 Å². The number of hydrogen-bond acceptors (Lipinski definition) is 3. The molecule has 1 aromatic heterocycles. The van der Waals surface area contributed by atoms with Crippen LogP contribution in [0, 0.1) is 0 Å². The molecule has 118 valence electrons. The molecule has 1 aliphatic heterocycles. The van der Waals surface area contributed by atoms with Crippen LogP contribution in [-0.4, -0.2) is 53.0 Å². The Hall–Kier alpha value is -1.49. The highest BCUT2D eigenvalue weighted by Crippen LogP contribution is 2.19. The largest absolute Gasteiger partial charge is 0.397 e. The van der Waals surface area contributed by atoms with Crippen LogP contribution in [0.4, 0.5) is 5.69 Å². The molecule has 0 spiro atoms. The van der Waals surface area contributed by atoms with Crippen molar-refractivity contribution in [2.24, 2.45) is 0 Å². The Balaban J connectivity index is 2.00. The Bertz CT molecular complexity index is 475. The molecule has 5 nitrogen and oxygen atoms in total. The molecule has 0 saturated carbocycles. The summed E-state index contributed by atoms with van der Waals surface area (Å²) >= 11 is 0. The number of amides is 1. The summed E-state index contributed by atoms with van der Waals surface area (Å²) in [4.78, 5) is 17.1. The molecule has 2 N–H and O–H groups in total. The van der Waals surface area contributed by atoms with Crippen LogP contribution in [0.25, 0.3) is 0 Å². The van der Waals surface area contributed by atoms with Crippen LogP contribution in [0.3, 0.4) is 0 Å². The summed E-state index contributed by atoms with van der Waals surface area (Å²) in [5, 5.41) is 0. The lowest BCUT2D eigenvalue weighted by Gasteiger charge is -2.36. The third-order valence-corrected chi connectivity index (χ3v) is 4.44. The highest BCUT2D eigenvalue weighted by atomic mass is 16.2. The summed E-state index contributed by atoms with van der Waals surface area (Å²) in [6.45, 7) is 8.35. The van der Waals surface area contributed by atoms with E-state index in [4.69, 9.17) is 5.73 Å². The quantitative estimate of drug-likeness (QED) is 0.903. The minimum Gasteiger partial charge on any atom is -0.397 e. The topological polar surface area (TPSA) is 54.5 Å². The molecule has 2 rings (SSSR count). The maximum atomic E-state index is 12.7. The SMILES string of the molecule is CCCN1CCC(N(C)C(=O)c2cc(N)cn2CC)CC1. The molecular formula is C16H28N4O. The highest BCUT2D eigenvalue weighted by molar-refractivity contribution is 5.93. The van der Waals surface area contributed by atoms with Crippen molar-refractivity contribution in [1.29, 1.82) is 0 Å². The average molecular weight is 292 g/mol. The fourth-order valence-electron chi connectivity index (χ4n) is 3.17. The van der Waals surface area contributed by atoms with Crippen molar-refractivity contribution in [3.05, 3.63) is 18.0 Å². The van der Waals surface area contributed by atoms with E-state index in [1.807, 2.05) is 29.6 Å². The average Bonchev–Trinajstić information content (AvgIpc) is 2.88.